The van der Waals surface area contributed by atoms with E-state index in [4.69, 9.17) is 10.7 Å². The first kappa shape index (κ1) is 12.5. The van der Waals surface area contributed by atoms with E-state index in [1.807, 2.05) is 46.5 Å². The van der Waals surface area contributed by atoms with Crippen LogP contribution in [0.5, 0.6) is 0 Å². The number of aryl methyl sites for hydroxylation is 1. The number of nitrogen functional groups attached to an aromatic ring is 1. The smallest absolute Gasteiger partial charge is 0.142 e. The highest BCUT2D eigenvalue weighted by molar-refractivity contribution is 5.73. The van der Waals surface area contributed by atoms with Gasteiger partial charge in [-0.1, -0.05) is 30.3 Å². The van der Waals surface area contributed by atoms with Gasteiger partial charge < -0.3 is 14.9 Å². The van der Waals surface area contributed by atoms with Gasteiger partial charge in [0.1, 0.15) is 17.3 Å². The third-order valence-electron chi connectivity index (χ3n) is 3.41. The van der Waals surface area contributed by atoms with Gasteiger partial charge in [-0.05, 0) is 6.92 Å². The van der Waals surface area contributed by atoms with E-state index in [2.05, 4.69) is 11.9 Å². The highest BCUT2D eigenvalue weighted by Gasteiger charge is 2.18. The number of aromatic nitrogens is 4. The van der Waals surface area contributed by atoms with E-state index in [1.165, 1.54) is 0 Å². The van der Waals surface area contributed by atoms with Crippen molar-refractivity contribution in [2.24, 2.45) is 7.05 Å². The monoisotopic (exact) mass is 267 g/mol. The van der Waals surface area contributed by atoms with Crippen LogP contribution in [0.1, 0.15) is 6.92 Å². The number of nitrogens with zero attached hydrogens (tertiary/aromatic N) is 4. The molecular weight excluding hydrogens is 250 g/mol. The van der Waals surface area contributed by atoms with E-state index in [0.717, 1.165) is 29.3 Å². The van der Waals surface area contributed by atoms with Crippen molar-refractivity contribution in [1.29, 1.82) is 0 Å². The predicted molar refractivity (Wildman–Crippen MR) is 80.0 cm³/mol. The third-order valence-corrected chi connectivity index (χ3v) is 3.41. The van der Waals surface area contributed by atoms with Crippen molar-refractivity contribution < 1.29 is 0 Å². The van der Waals surface area contributed by atoms with Gasteiger partial charge in [-0.3, -0.25) is 0 Å². The molecular formula is C15H17N5. The molecule has 0 bridgehead atoms. The molecule has 0 aliphatic rings. The summed E-state index contributed by atoms with van der Waals surface area (Å²) in [4.78, 5) is 8.87. The van der Waals surface area contributed by atoms with Gasteiger partial charge in [0.15, 0.2) is 0 Å². The van der Waals surface area contributed by atoms with Crippen LogP contribution in [-0.4, -0.2) is 19.1 Å². The summed E-state index contributed by atoms with van der Waals surface area (Å²) in [5.74, 6) is 1.57. The number of benzene rings is 1. The first-order valence-electron chi connectivity index (χ1n) is 6.60. The minimum Gasteiger partial charge on any atom is -0.383 e. The molecule has 2 aromatic heterocycles. The summed E-state index contributed by atoms with van der Waals surface area (Å²) < 4.78 is 3.95. The normalized spacial score (nSPS) is 10.9. The summed E-state index contributed by atoms with van der Waals surface area (Å²) in [6.07, 6.45) is 3.54. The molecule has 5 nitrogen and oxygen atoms in total. The van der Waals surface area contributed by atoms with Crippen LogP contribution in [0.15, 0.2) is 42.9 Å². The quantitative estimate of drug-likeness (QED) is 0.793. The van der Waals surface area contributed by atoms with E-state index in [9.17, 15) is 0 Å². The Morgan fingerprint density at radius 2 is 1.95 bits per heavy atom. The van der Waals surface area contributed by atoms with Gasteiger partial charge in [0, 0.05) is 19.2 Å². The Balaban J connectivity index is 2.20. The minimum absolute atomic E-state index is 0.676. The number of nitrogens with two attached hydrogens (primary N) is 1. The van der Waals surface area contributed by atoms with Crippen molar-refractivity contribution in [3.05, 3.63) is 42.9 Å². The summed E-state index contributed by atoms with van der Waals surface area (Å²) in [5, 5.41) is 0. The van der Waals surface area contributed by atoms with E-state index in [-0.39, 0.29) is 0 Å². The second-order valence-corrected chi connectivity index (χ2v) is 4.67. The van der Waals surface area contributed by atoms with Crippen LogP contribution < -0.4 is 5.73 Å². The van der Waals surface area contributed by atoms with Gasteiger partial charge in [-0.15, -0.1) is 0 Å². The van der Waals surface area contributed by atoms with Crippen LogP contribution in [0.2, 0.25) is 0 Å². The highest BCUT2D eigenvalue weighted by atomic mass is 15.2. The molecule has 5 heteroatoms. The summed E-state index contributed by atoms with van der Waals surface area (Å²) in [6.45, 7) is 2.85. The molecule has 0 unspecified atom stereocenters. The SMILES string of the molecule is CCn1c(-c2ccccc2)nc(-c2cncn2C)c1N. The van der Waals surface area contributed by atoms with Crippen LogP contribution in [-0.2, 0) is 13.6 Å². The van der Waals surface area contributed by atoms with Crippen LogP contribution in [0.4, 0.5) is 5.82 Å². The fraction of sp³-hybridized carbons (Fsp3) is 0.200. The molecule has 0 radical (unpaired) electrons. The Kier molecular flexibility index (Phi) is 3.02. The molecule has 2 N–H and O–H groups in total. The zero-order valence-electron chi connectivity index (χ0n) is 11.6. The Bertz CT molecular complexity index is 724. The summed E-state index contributed by atoms with van der Waals surface area (Å²) >= 11 is 0. The average molecular weight is 267 g/mol. The van der Waals surface area contributed by atoms with Gasteiger partial charge in [0.2, 0.25) is 0 Å². The zero-order chi connectivity index (χ0) is 14.1. The molecule has 0 aliphatic carbocycles. The number of anilines is 1. The van der Waals surface area contributed by atoms with E-state index >= 15 is 0 Å². The first-order valence-corrected chi connectivity index (χ1v) is 6.60. The third kappa shape index (κ3) is 1.87. The maximum Gasteiger partial charge on any atom is 0.142 e. The molecule has 0 spiro atoms. The second kappa shape index (κ2) is 4.85. The average Bonchev–Trinajstić information content (AvgIpc) is 3.03. The van der Waals surface area contributed by atoms with Crippen LogP contribution in [0.25, 0.3) is 22.8 Å². The lowest BCUT2D eigenvalue weighted by Crippen LogP contribution is -2.03. The fourth-order valence-corrected chi connectivity index (χ4v) is 2.37. The Morgan fingerprint density at radius 1 is 1.20 bits per heavy atom. The van der Waals surface area contributed by atoms with Crippen LogP contribution >= 0.6 is 0 Å². The summed E-state index contributed by atoms with van der Waals surface area (Å²) in [7, 11) is 1.94. The molecule has 0 fully saturated rings. The molecule has 20 heavy (non-hydrogen) atoms. The number of rotatable bonds is 3. The molecule has 102 valence electrons. The molecule has 0 saturated heterocycles. The largest absolute Gasteiger partial charge is 0.383 e. The predicted octanol–water partition coefficient (Wildman–Crippen LogP) is 2.55. The fourth-order valence-electron chi connectivity index (χ4n) is 2.37. The molecule has 0 aliphatic heterocycles. The molecule has 0 amide bonds. The van der Waals surface area contributed by atoms with Gasteiger partial charge in [0.25, 0.3) is 0 Å². The van der Waals surface area contributed by atoms with Crippen molar-refractivity contribution >= 4 is 5.82 Å². The molecule has 2 heterocycles. The second-order valence-electron chi connectivity index (χ2n) is 4.67. The topological polar surface area (TPSA) is 61.7 Å². The van der Waals surface area contributed by atoms with Crippen molar-refractivity contribution in [1.82, 2.24) is 19.1 Å². The Morgan fingerprint density at radius 3 is 2.55 bits per heavy atom. The van der Waals surface area contributed by atoms with Crippen LogP contribution in [0, 0.1) is 0 Å². The van der Waals surface area contributed by atoms with Crippen molar-refractivity contribution in [3.63, 3.8) is 0 Å². The van der Waals surface area contributed by atoms with Gasteiger partial charge in [-0.25, -0.2) is 9.97 Å². The lowest BCUT2D eigenvalue weighted by molar-refractivity contribution is 0.781. The lowest BCUT2D eigenvalue weighted by Gasteiger charge is -2.06. The minimum atomic E-state index is 0.676. The van der Waals surface area contributed by atoms with E-state index in [1.54, 1.807) is 12.5 Å². The van der Waals surface area contributed by atoms with Crippen molar-refractivity contribution in [3.8, 4) is 22.8 Å². The van der Waals surface area contributed by atoms with Crippen molar-refractivity contribution in [2.75, 3.05) is 5.73 Å². The highest BCUT2D eigenvalue weighted by Crippen LogP contribution is 2.30. The molecule has 1 aromatic carbocycles. The molecule has 0 atom stereocenters. The molecule has 3 aromatic rings. The van der Waals surface area contributed by atoms with Gasteiger partial charge >= 0.3 is 0 Å². The number of hydrogen-bond donors (Lipinski definition) is 1. The van der Waals surface area contributed by atoms with E-state index in [0.29, 0.717) is 5.82 Å². The first-order chi connectivity index (χ1) is 9.72. The lowest BCUT2D eigenvalue weighted by atomic mass is 10.2. The summed E-state index contributed by atoms with van der Waals surface area (Å²) in [6, 6.07) is 10.1. The maximum atomic E-state index is 6.27. The van der Waals surface area contributed by atoms with Crippen LogP contribution in [0.3, 0.4) is 0 Å². The van der Waals surface area contributed by atoms with Gasteiger partial charge in [0.05, 0.1) is 18.2 Å². The Hall–Kier alpha value is -2.56. The maximum absolute atomic E-state index is 6.27. The van der Waals surface area contributed by atoms with Gasteiger partial charge in [-0.2, -0.15) is 0 Å². The Labute approximate surface area is 117 Å². The number of imidazole rings is 2. The summed E-state index contributed by atoms with van der Waals surface area (Å²) in [5.41, 5.74) is 9.04. The molecule has 3 rings (SSSR count). The molecule has 0 saturated carbocycles. The zero-order valence-corrected chi connectivity index (χ0v) is 11.6. The van der Waals surface area contributed by atoms with Crippen molar-refractivity contribution in [2.45, 2.75) is 13.5 Å². The number of hydrogen-bond acceptors (Lipinski definition) is 3. The van der Waals surface area contributed by atoms with E-state index < -0.39 is 0 Å². The standard InChI is InChI=1S/C15H17N5/c1-3-20-14(16)13(12-9-17-10-19(12)2)18-15(20)11-7-5-4-6-8-11/h4-10H,3,16H2,1-2H3.